The largest absolute Gasteiger partial charge is 0.447 e. The molecule has 4 aromatic rings. The number of amides is 2. The Morgan fingerprint density at radius 3 is 1.17 bits per heavy atom. The van der Waals surface area contributed by atoms with Crippen LogP contribution >= 0.6 is 0 Å². The highest BCUT2D eigenvalue weighted by Crippen LogP contribution is 2.40. The third-order valence-electron chi connectivity index (χ3n) is 13.5. The van der Waals surface area contributed by atoms with Crippen LogP contribution in [0, 0.1) is 11.8 Å². The van der Waals surface area contributed by atoms with Gasteiger partial charge in [0.2, 0.25) is 0 Å². The van der Waals surface area contributed by atoms with Crippen LogP contribution in [0.25, 0.3) is 0 Å². The number of aliphatic hydroxyl groups excluding tert-OH is 1. The first kappa shape index (κ1) is 55.1. The molecule has 6 rings (SSSR count). The van der Waals surface area contributed by atoms with Crippen LogP contribution in [-0.2, 0) is 27.9 Å². The highest BCUT2D eigenvalue weighted by Gasteiger charge is 2.54. The molecule has 0 saturated carbocycles. The van der Waals surface area contributed by atoms with Gasteiger partial charge in [-0.05, 0) is 98.0 Å². The van der Waals surface area contributed by atoms with E-state index in [0.29, 0.717) is 25.7 Å². The van der Waals surface area contributed by atoms with Gasteiger partial charge in [0, 0.05) is 6.92 Å². The molecule has 0 aromatic heterocycles. The van der Waals surface area contributed by atoms with Gasteiger partial charge >= 0.3 is 18.2 Å². The molecule has 11 nitrogen and oxygen atoms in total. The van der Waals surface area contributed by atoms with E-state index in [1.54, 1.807) is 9.80 Å². The summed E-state index contributed by atoms with van der Waals surface area (Å²) in [5, 5.41) is 16.0. The number of carbonyl (C=O) groups is 3. The monoisotopic (exact) mass is 1000 g/mol. The maximum Gasteiger partial charge on any atom is 0.411 e. The molecule has 4 aromatic carbocycles. The van der Waals surface area contributed by atoms with E-state index in [1.807, 2.05) is 114 Å². The predicted octanol–water partition coefficient (Wildman–Crippen LogP) is 8.97. The summed E-state index contributed by atoms with van der Waals surface area (Å²) in [7, 11) is -6.02. The molecule has 2 aliphatic rings. The zero-order valence-corrected chi connectivity index (χ0v) is 46.4. The molecule has 0 spiro atoms. The Hall–Kier alpha value is -5.24. The lowest BCUT2D eigenvalue weighted by molar-refractivity contribution is -0.146. The number of nitrogens with zero attached hydrogens (tertiary/aromatic N) is 2. The first-order valence-corrected chi connectivity index (χ1v) is 29.0. The Bertz CT molecular complexity index is 2370. The zero-order valence-electron chi connectivity index (χ0n) is 44.4. The summed E-state index contributed by atoms with van der Waals surface area (Å²) in [4.78, 5) is 45.0. The molecule has 0 bridgehead atoms. The summed E-state index contributed by atoms with van der Waals surface area (Å²) in [6.07, 6.45) is -1.79. The quantitative estimate of drug-likeness (QED) is 0.0606. The minimum absolute atomic E-state index is 0.191. The van der Waals surface area contributed by atoms with Crippen molar-refractivity contribution in [2.24, 2.45) is 0 Å². The Labute approximate surface area is 425 Å². The van der Waals surface area contributed by atoms with Crippen molar-refractivity contribution in [1.82, 2.24) is 9.80 Å². The van der Waals surface area contributed by atoms with E-state index in [4.69, 9.17) is 23.1 Å². The molecule has 382 valence electrons. The number of hydrogen-bond donors (Lipinski definition) is 1. The SMILES string of the molecule is CC(=O)O[C@@H](C#C[C@@H](O)[C@@H]1CC[C@@H](CO[Si](c2ccccc2)(c2ccccc2)C(C)(C)C)N1C(=O)OC(C)(C)C)[C@@H]1CC[C@@H](CO[Si](c2ccccc2)(c2ccccc2)C(C)(C)C)N1C(=O)OC(C)(C)C. The Morgan fingerprint density at radius 2 is 0.859 bits per heavy atom. The first-order valence-electron chi connectivity index (χ1n) is 25.2. The summed E-state index contributed by atoms with van der Waals surface area (Å²) in [5.74, 6) is 5.52. The van der Waals surface area contributed by atoms with Crippen LogP contribution in [0.5, 0.6) is 0 Å². The van der Waals surface area contributed by atoms with Crippen molar-refractivity contribution in [3.05, 3.63) is 121 Å². The fourth-order valence-corrected chi connectivity index (χ4v) is 19.8. The van der Waals surface area contributed by atoms with Crippen LogP contribution < -0.4 is 20.7 Å². The number of rotatable bonds is 13. The van der Waals surface area contributed by atoms with Gasteiger partial charge in [-0.1, -0.05) is 175 Å². The van der Waals surface area contributed by atoms with Gasteiger partial charge in [0.1, 0.15) is 17.3 Å². The van der Waals surface area contributed by atoms with Gasteiger partial charge in [-0.2, -0.15) is 0 Å². The van der Waals surface area contributed by atoms with Crippen LogP contribution in [0.2, 0.25) is 10.1 Å². The van der Waals surface area contributed by atoms with E-state index >= 15 is 0 Å². The van der Waals surface area contributed by atoms with Crippen molar-refractivity contribution >= 4 is 55.5 Å². The van der Waals surface area contributed by atoms with Gasteiger partial charge in [-0.15, -0.1) is 0 Å². The van der Waals surface area contributed by atoms with E-state index in [-0.39, 0.29) is 23.3 Å². The minimum Gasteiger partial charge on any atom is -0.447 e. The Kier molecular flexibility index (Phi) is 17.3. The molecule has 0 unspecified atom stereocenters. The molecule has 2 fully saturated rings. The molecule has 71 heavy (non-hydrogen) atoms. The van der Waals surface area contributed by atoms with Crippen LogP contribution in [-0.4, -0.2) is 110 Å². The third-order valence-corrected chi connectivity index (χ3v) is 23.5. The Balaban J connectivity index is 1.33. The molecule has 2 saturated heterocycles. The van der Waals surface area contributed by atoms with Crippen molar-refractivity contribution in [1.29, 1.82) is 0 Å². The van der Waals surface area contributed by atoms with Crippen molar-refractivity contribution in [3.8, 4) is 11.8 Å². The van der Waals surface area contributed by atoms with Crippen molar-refractivity contribution < 1.29 is 42.6 Å². The van der Waals surface area contributed by atoms with E-state index in [2.05, 4.69) is 102 Å². The Morgan fingerprint density at radius 1 is 0.535 bits per heavy atom. The minimum atomic E-state index is -3.02. The molecule has 13 heteroatoms. The second-order valence-corrected chi connectivity index (χ2v) is 31.7. The van der Waals surface area contributed by atoms with E-state index in [9.17, 15) is 19.5 Å². The molecule has 2 amide bonds. The lowest BCUT2D eigenvalue weighted by Crippen LogP contribution is -2.67. The third kappa shape index (κ3) is 12.7. The highest BCUT2D eigenvalue weighted by molar-refractivity contribution is 7.00. The second kappa shape index (κ2) is 22.3. The summed E-state index contributed by atoms with van der Waals surface area (Å²) in [6.45, 7) is 25.8. The normalized spacial score (nSPS) is 19.9. The molecule has 2 heterocycles. The van der Waals surface area contributed by atoms with Gasteiger partial charge in [0.05, 0.1) is 37.4 Å². The zero-order chi connectivity index (χ0) is 52.0. The topological polar surface area (TPSA) is 124 Å². The average Bonchev–Trinajstić information content (AvgIpc) is 3.93. The lowest BCUT2D eigenvalue weighted by Gasteiger charge is -2.44. The molecule has 0 radical (unpaired) electrons. The van der Waals surface area contributed by atoms with Crippen molar-refractivity contribution in [2.75, 3.05) is 13.2 Å². The molecule has 2 aliphatic heterocycles. The maximum absolute atomic E-state index is 14.5. The highest BCUT2D eigenvalue weighted by atomic mass is 28.4. The smallest absolute Gasteiger partial charge is 0.411 e. The fourth-order valence-electron chi connectivity index (χ4n) is 10.6. The summed E-state index contributed by atoms with van der Waals surface area (Å²) in [6, 6.07) is 38.9. The summed E-state index contributed by atoms with van der Waals surface area (Å²) in [5.41, 5.74) is -1.66. The number of aliphatic hydroxyl groups is 1. The second-order valence-electron chi connectivity index (χ2n) is 23.1. The van der Waals surface area contributed by atoms with Crippen LogP contribution in [0.1, 0.15) is 116 Å². The van der Waals surface area contributed by atoms with Crippen LogP contribution in [0.4, 0.5) is 9.59 Å². The van der Waals surface area contributed by atoms with Gasteiger partial charge in [-0.3, -0.25) is 14.6 Å². The predicted molar refractivity (Wildman–Crippen MR) is 286 cm³/mol. The molecular weight excluding hydrogens is 925 g/mol. The van der Waals surface area contributed by atoms with Crippen LogP contribution in [0.3, 0.4) is 0 Å². The van der Waals surface area contributed by atoms with Gasteiger partial charge in [0.15, 0.2) is 6.10 Å². The molecule has 1 N–H and O–H groups in total. The number of ether oxygens (including phenoxy) is 3. The molecular formula is C58H78N2O9Si2. The number of hydrogen-bond acceptors (Lipinski definition) is 9. The van der Waals surface area contributed by atoms with E-state index in [0.717, 1.165) is 20.7 Å². The summed E-state index contributed by atoms with van der Waals surface area (Å²) < 4.78 is 32.8. The van der Waals surface area contributed by atoms with Crippen molar-refractivity contribution in [2.45, 2.75) is 173 Å². The van der Waals surface area contributed by atoms with Crippen LogP contribution in [0.15, 0.2) is 121 Å². The summed E-state index contributed by atoms with van der Waals surface area (Å²) >= 11 is 0. The molecule has 6 atom stereocenters. The van der Waals surface area contributed by atoms with E-state index in [1.165, 1.54) is 6.92 Å². The maximum atomic E-state index is 14.5. The number of likely N-dealkylation sites (tertiary alicyclic amines) is 2. The van der Waals surface area contributed by atoms with Gasteiger partial charge in [0.25, 0.3) is 16.6 Å². The van der Waals surface area contributed by atoms with Gasteiger partial charge in [-0.25, -0.2) is 9.59 Å². The standard InChI is InChI=1S/C58H78N2O9Si2/c1-42(61)67-52(50-37-35-44(60(50)54(64)69-56(5,6)7)41-66-71(58(11,12)13,47-30-22-16-23-31-47)48-32-24-17-25-33-48)39-38-51(62)49-36-34-43(59(49)53(63)68-55(2,3)4)40-65-70(57(8,9)10,45-26-18-14-19-27-45)46-28-20-15-21-29-46/h14-33,43-44,49-52,62H,34-37,40-41H2,1-13H3/t43-,44-,49-,50-,51+,52-/m0/s1. The molecule has 0 aliphatic carbocycles. The fraction of sp³-hybridized carbons (Fsp3) is 0.500. The number of esters is 1. The number of benzene rings is 4. The van der Waals surface area contributed by atoms with Crippen molar-refractivity contribution in [3.63, 3.8) is 0 Å². The van der Waals surface area contributed by atoms with Gasteiger partial charge < -0.3 is 28.2 Å². The average molecular weight is 1000 g/mol. The lowest BCUT2D eigenvalue weighted by atomic mass is 10.1. The first-order chi connectivity index (χ1) is 33.3. The number of carbonyl (C=O) groups excluding carboxylic acids is 3. The van der Waals surface area contributed by atoms with E-state index < -0.39 is 82.4 Å².